The molecule has 0 unspecified atom stereocenters. The maximum atomic E-state index is 14.6. The molecule has 0 amide bonds. The first-order valence-corrected chi connectivity index (χ1v) is 17.6. The number of ether oxygens (including phenoxy) is 4. The molecule has 0 saturated carbocycles. The van der Waals surface area contributed by atoms with Crippen LogP contribution in [0.3, 0.4) is 0 Å². The number of benzene rings is 8. The number of carbonyl (C=O) groups is 1. The van der Waals surface area contributed by atoms with Crippen LogP contribution in [0.15, 0.2) is 206 Å². The molecule has 0 aliphatic carbocycles. The average molecular weight is 703 g/mol. The fraction of sp³-hybridized carbons (Fsp3) is 0. The normalized spacial score (nSPS) is 10.7. The monoisotopic (exact) mass is 702 g/mol. The molecule has 8 aromatic carbocycles. The Morgan fingerprint density at radius 1 is 0.259 bits per heavy atom. The van der Waals surface area contributed by atoms with Crippen LogP contribution in [0, 0.1) is 0 Å². The summed E-state index contributed by atoms with van der Waals surface area (Å²) in [5.74, 6) is 5.16. The van der Waals surface area contributed by atoms with Crippen LogP contribution in [0.5, 0.6) is 46.0 Å². The zero-order valence-corrected chi connectivity index (χ0v) is 29.2. The fourth-order valence-corrected chi connectivity index (χ4v) is 6.01. The van der Waals surface area contributed by atoms with Crippen molar-refractivity contribution in [1.29, 1.82) is 0 Å². The Morgan fingerprint density at radius 3 is 0.852 bits per heavy atom. The van der Waals surface area contributed by atoms with Crippen LogP contribution in [-0.4, -0.2) is 5.78 Å². The van der Waals surface area contributed by atoms with E-state index in [1.54, 1.807) is 12.1 Å². The van der Waals surface area contributed by atoms with Crippen LogP contribution in [0.4, 0.5) is 0 Å². The molecule has 5 heteroatoms. The molecule has 0 fully saturated rings. The molecule has 0 atom stereocenters. The number of hydrogen-bond acceptors (Lipinski definition) is 5. The van der Waals surface area contributed by atoms with Gasteiger partial charge in [0.1, 0.15) is 46.0 Å². The largest absolute Gasteiger partial charge is 0.457 e. The second kappa shape index (κ2) is 15.9. The highest BCUT2D eigenvalue weighted by molar-refractivity contribution is 6.10. The SMILES string of the molecule is O=C(c1cc(Oc2ccccc2)cc(-c2ccc(Oc3ccccc3)cc2)c1)c1cc(Oc2ccccc2)cc(-c2ccc(Oc3ccccc3)cc2)c1. The van der Waals surface area contributed by atoms with Crippen LogP contribution >= 0.6 is 0 Å². The van der Waals surface area contributed by atoms with Gasteiger partial charge in [0.25, 0.3) is 0 Å². The first-order chi connectivity index (χ1) is 26.6. The zero-order valence-electron chi connectivity index (χ0n) is 29.2. The summed E-state index contributed by atoms with van der Waals surface area (Å²) >= 11 is 0. The molecule has 0 radical (unpaired) electrons. The zero-order chi connectivity index (χ0) is 36.5. The van der Waals surface area contributed by atoms with Gasteiger partial charge in [0, 0.05) is 11.1 Å². The Balaban J connectivity index is 1.15. The Labute approximate surface area is 314 Å². The smallest absolute Gasteiger partial charge is 0.193 e. The van der Waals surface area contributed by atoms with E-state index in [0.29, 0.717) is 45.6 Å². The Hall–Kier alpha value is -7.37. The van der Waals surface area contributed by atoms with E-state index in [1.165, 1.54) is 0 Å². The van der Waals surface area contributed by atoms with Gasteiger partial charge in [0.15, 0.2) is 5.78 Å². The van der Waals surface area contributed by atoms with Gasteiger partial charge < -0.3 is 18.9 Å². The summed E-state index contributed by atoms with van der Waals surface area (Å²) in [6.07, 6.45) is 0. The third-order valence-corrected chi connectivity index (χ3v) is 8.63. The van der Waals surface area contributed by atoms with Gasteiger partial charge in [-0.25, -0.2) is 0 Å². The first kappa shape index (κ1) is 33.8. The standard InChI is InChI=1S/C49H34O5/c50-49(39-29-37(31-47(33-39)53-43-17-9-3-10-18-43)35-21-25-45(26-22-35)51-41-13-5-1-6-14-41)40-30-38(32-48(34-40)54-44-19-11-4-12-20-44)36-23-27-46(28-24-36)52-42-15-7-2-8-16-42/h1-34H. The molecule has 0 N–H and O–H groups in total. The molecule has 5 nitrogen and oxygen atoms in total. The molecule has 0 bridgehead atoms. The quantitative estimate of drug-likeness (QED) is 0.119. The lowest BCUT2D eigenvalue weighted by atomic mass is 9.95. The summed E-state index contributed by atoms with van der Waals surface area (Å²) in [4.78, 5) is 14.6. The highest BCUT2D eigenvalue weighted by Crippen LogP contribution is 2.35. The van der Waals surface area contributed by atoms with Gasteiger partial charge in [-0.2, -0.15) is 0 Å². The van der Waals surface area contributed by atoms with Crippen molar-refractivity contribution in [2.45, 2.75) is 0 Å². The van der Waals surface area contributed by atoms with Crippen molar-refractivity contribution in [2.75, 3.05) is 0 Å². The fourth-order valence-electron chi connectivity index (χ4n) is 6.01. The summed E-state index contributed by atoms with van der Waals surface area (Å²) in [7, 11) is 0. The third-order valence-electron chi connectivity index (χ3n) is 8.63. The van der Waals surface area contributed by atoms with E-state index in [1.807, 2.05) is 194 Å². The topological polar surface area (TPSA) is 54.0 Å². The van der Waals surface area contributed by atoms with Gasteiger partial charge in [-0.3, -0.25) is 4.79 Å². The Morgan fingerprint density at radius 2 is 0.537 bits per heavy atom. The van der Waals surface area contributed by atoms with Gasteiger partial charge >= 0.3 is 0 Å². The molecule has 260 valence electrons. The number of hydrogen-bond donors (Lipinski definition) is 0. The van der Waals surface area contributed by atoms with Gasteiger partial charge in [-0.15, -0.1) is 0 Å². The van der Waals surface area contributed by atoms with E-state index in [-0.39, 0.29) is 5.78 Å². The van der Waals surface area contributed by atoms with E-state index in [0.717, 1.165) is 33.8 Å². The van der Waals surface area contributed by atoms with Crippen molar-refractivity contribution >= 4 is 5.78 Å². The van der Waals surface area contributed by atoms with Crippen molar-refractivity contribution in [3.8, 4) is 68.2 Å². The van der Waals surface area contributed by atoms with Crippen LogP contribution in [0.1, 0.15) is 15.9 Å². The van der Waals surface area contributed by atoms with E-state index in [2.05, 4.69) is 0 Å². The summed E-state index contributed by atoms with van der Waals surface area (Å²) in [6, 6.07) is 65.2. The number of carbonyl (C=O) groups excluding carboxylic acids is 1. The van der Waals surface area contributed by atoms with Crippen LogP contribution in [0.25, 0.3) is 22.3 Å². The average Bonchev–Trinajstić information content (AvgIpc) is 3.22. The molecule has 0 aromatic heterocycles. The highest BCUT2D eigenvalue weighted by atomic mass is 16.5. The molecule has 0 heterocycles. The lowest BCUT2D eigenvalue weighted by Gasteiger charge is -2.14. The van der Waals surface area contributed by atoms with Crippen molar-refractivity contribution < 1.29 is 23.7 Å². The minimum atomic E-state index is -0.178. The molecule has 0 aliphatic heterocycles. The van der Waals surface area contributed by atoms with E-state index in [9.17, 15) is 4.79 Å². The lowest BCUT2D eigenvalue weighted by molar-refractivity contribution is 0.103. The molecule has 8 rings (SSSR count). The lowest BCUT2D eigenvalue weighted by Crippen LogP contribution is -2.03. The molecule has 0 spiro atoms. The predicted octanol–water partition coefficient (Wildman–Crippen LogP) is 13.4. The summed E-state index contributed by atoms with van der Waals surface area (Å²) in [6.45, 7) is 0. The van der Waals surface area contributed by atoms with Crippen molar-refractivity contribution in [2.24, 2.45) is 0 Å². The van der Waals surface area contributed by atoms with Crippen LogP contribution in [0.2, 0.25) is 0 Å². The van der Waals surface area contributed by atoms with Crippen LogP contribution in [-0.2, 0) is 0 Å². The maximum absolute atomic E-state index is 14.6. The van der Waals surface area contributed by atoms with Gasteiger partial charge in [-0.05, 0) is 131 Å². The van der Waals surface area contributed by atoms with Crippen molar-refractivity contribution in [3.63, 3.8) is 0 Å². The highest BCUT2D eigenvalue weighted by Gasteiger charge is 2.17. The summed E-state index contributed by atoms with van der Waals surface area (Å²) in [5.41, 5.74) is 4.40. The van der Waals surface area contributed by atoms with Crippen molar-refractivity contribution in [3.05, 3.63) is 217 Å². The number of ketones is 1. The predicted molar refractivity (Wildman–Crippen MR) is 213 cm³/mol. The first-order valence-electron chi connectivity index (χ1n) is 17.6. The maximum Gasteiger partial charge on any atom is 0.193 e. The van der Waals surface area contributed by atoms with Gasteiger partial charge in [0.05, 0.1) is 0 Å². The van der Waals surface area contributed by atoms with Gasteiger partial charge in [-0.1, -0.05) is 97.1 Å². The molecular formula is C49H34O5. The molecular weight excluding hydrogens is 669 g/mol. The minimum absolute atomic E-state index is 0.178. The van der Waals surface area contributed by atoms with Crippen LogP contribution < -0.4 is 18.9 Å². The third kappa shape index (κ3) is 8.39. The summed E-state index contributed by atoms with van der Waals surface area (Å²) in [5, 5.41) is 0. The molecule has 0 saturated heterocycles. The minimum Gasteiger partial charge on any atom is -0.457 e. The van der Waals surface area contributed by atoms with E-state index < -0.39 is 0 Å². The van der Waals surface area contributed by atoms with E-state index in [4.69, 9.17) is 18.9 Å². The van der Waals surface area contributed by atoms with E-state index >= 15 is 0 Å². The Kier molecular flexibility index (Phi) is 9.93. The second-order valence-corrected chi connectivity index (χ2v) is 12.5. The Bertz CT molecular complexity index is 2290. The number of rotatable bonds is 12. The summed E-state index contributed by atoms with van der Waals surface area (Å²) < 4.78 is 24.7. The van der Waals surface area contributed by atoms with Crippen molar-refractivity contribution in [1.82, 2.24) is 0 Å². The molecule has 0 aliphatic rings. The van der Waals surface area contributed by atoms with Gasteiger partial charge in [0.2, 0.25) is 0 Å². The molecule has 54 heavy (non-hydrogen) atoms. The second-order valence-electron chi connectivity index (χ2n) is 12.5. The number of para-hydroxylation sites is 4. The molecule has 8 aromatic rings.